The number of hydrogen-bond acceptors (Lipinski definition) is 5. The maximum absolute atomic E-state index is 12.0. The van der Waals surface area contributed by atoms with Gasteiger partial charge in [-0.05, 0) is 24.6 Å². The molecule has 0 aliphatic rings. The minimum atomic E-state index is -0.420. The predicted molar refractivity (Wildman–Crippen MR) is 81.5 cm³/mol. The number of anilines is 1. The van der Waals surface area contributed by atoms with E-state index in [1.54, 1.807) is 18.3 Å². The van der Waals surface area contributed by atoms with Crippen LogP contribution in [0.25, 0.3) is 0 Å². The standard InChI is InChI=1S/C15H14N2O3S/c1-10-5-6-12(13(19)8-10)14(20)17-15-16-9-11(21-15)4-2-3-7-18/h5-6,8-9,18-19H,3,7H2,1H3,(H,16,17,20). The van der Waals surface area contributed by atoms with Gasteiger partial charge < -0.3 is 10.2 Å². The Morgan fingerprint density at radius 2 is 2.29 bits per heavy atom. The van der Waals surface area contributed by atoms with Crippen molar-refractivity contribution < 1.29 is 15.0 Å². The number of aromatic nitrogens is 1. The SMILES string of the molecule is Cc1ccc(C(=O)Nc2ncc(C#CCCO)s2)c(O)c1. The average molecular weight is 302 g/mol. The van der Waals surface area contributed by atoms with E-state index in [0.29, 0.717) is 16.4 Å². The second-order valence-electron chi connectivity index (χ2n) is 4.28. The number of nitrogens with zero attached hydrogens (tertiary/aromatic N) is 1. The molecule has 1 aromatic carbocycles. The minimum Gasteiger partial charge on any atom is -0.507 e. The van der Waals surface area contributed by atoms with Crippen LogP contribution < -0.4 is 5.32 Å². The number of carbonyl (C=O) groups is 1. The summed E-state index contributed by atoms with van der Waals surface area (Å²) < 4.78 is 0. The van der Waals surface area contributed by atoms with E-state index in [4.69, 9.17) is 5.11 Å². The topological polar surface area (TPSA) is 82.5 Å². The highest BCUT2D eigenvalue weighted by Crippen LogP contribution is 2.22. The summed E-state index contributed by atoms with van der Waals surface area (Å²) in [5.74, 6) is 5.14. The predicted octanol–water partition coefficient (Wildman–Crippen LogP) is 2.14. The Labute approximate surface area is 126 Å². The van der Waals surface area contributed by atoms with E-state index in [9.17, 15) is 9.90 Å². The van der Waals surface area contributed by atoms with Crippen molar-refractivity contribution in [3.8, 4) is 17.6 Å². The molecule has 0 aliphatic carbocycles. The molecule has 3 N–H and O–H groups in total. The van der Waals surface area contributed by atoms with Crippen LogP contribution in [0, 0.1) is 18.8 Å². The van der Waals surface area contributed by atoms with Gasteiger partial charge in [-0.15, -0.1) is 0 Å². The van der Waals surface area contributed by atoms with Gasteiger partial charge in [0.15, 0.2) is 5.13 Å². The largest absolute Gasteiger partial charge is 0.507 e. The van der Waals surface area contributed by atoms with E-state index in [0.717, 1.165) is 5.56 Å². The molecule has 0 aliphatic heterocycles. The summed E-state index contributed by atoms with van der Waals surface area (Å²) in [6, 6.07) is 4.85. The molecule has 0 fully saturated rings. The molecule has 0 radical (unpaired) electrons. The molecule has 108 valence electrons. The molecule has 1 heterocycles. The number of benzene rings is 1. The molecular weight excluding hydrogens is 288 g/mol. The second kappa shape index (κ2) is 6.88. The van der Waals surface area contributed by atoms with Crippen molar-refractivity contribution in [3.05, 3.63) is 40.4 Å². The van der Waals surface area contributed by atoms with Crippen LogP contribution in [0.2, 0.25) is 0 Å². The third-order valence-electron chi connectivity index (χ3n) is 2.57. The summed E-state index contributed by atoms with van der Waals surface area (Å²) >= 11 is 1.24. The molecular formula is C15H14N2O3S. The third-order valence-corrected chi connectivity index (χ3v) is 3.40. The molecule has 1 aromatic heterocycles. The fraction of sp³-hybridized carbons (Fsp3) is 0.200. The van der Waals surface area contributed by atoms with Gasteiger partial charge in [-0.3, -0.25) is 10.1 Å². The Morgan fingerprint density at radius 3 is 3.00 bits per heavy atom. The number of phenolic OH excluding ortho intramolecular Hbond substituents is 1. The first-order chi connectivity index (χ1) is 10.1. The molecule has 0 saturated heterocycles. The monoisotopic (exact) mass is 302 g/mol. The molecule has 0 atom stereocenters. The number of phenols is 1. The molecule has 21 heavy (non-hydrogen) atoms. The van der Waals surface area contributed by atoms with Gasteiger partial charge in [0.2, 0.25) is 0 Å². The summed E-state index contributed by atoms with van der Waals surface area (Å²) in [7, 11) is 0. The highest BCUT2D eigenvalue weighted by atomic mass is 32.1. The van der Waals surface area contributed by atoms with Crippen LogP contribution in [0.15, 0.2) is 24.4 Å². The van der Waals surface area contributed by atoms with E-state index < -0.39 is 5.91 Å². The van der Waals surface area contributed by atoms with Crippen LogP contribution in [0.3, 0.4) is 0 Å². The normalized spacial score (nSPS) is 9.81. The summed E-state index contributed by atoms with van der Waals surface area (Å²) in [5, 5.41) is 21.4. The van der Waals surface area contributed by atoms with Crippen molar-refractivity contribution >= 4 is 22.4 Å². The summed E-state index contributed by atoms with van der Waals surface area (Å²) in [4.78, 5) is 16.8. The van der Waals surface area contributed by atoms with Crippen molar-refractivity contribution in [1.29, 1.82) is 0 Å². The fourth-order valence-corrected chi connectivity index (χ4v) is 2.28. The highest BCUT2D eigenvalue weighted by Gasteiger charge is 2.12. The van der Waals surface area contributed by atoms with E-state index in [1.807, 2.05) is 6.92 Å². The Kier molecular flexibility index (Phi) is 4.93. The zero-order valence-electron chi connectivity index (χ0n) is 11.4. The van der Waals surface area contributed by atoms with Crippen molar-refractivity contribution in [2.45, 2.75) is 13.3 Å². The number of thiazole rings is 1. The van der Waals surface area contributed by atoms with Gasteiger partial charge in [-0.25, -0.2) is 4.98 Å². The molecule has 0 spiro atoms. The lowest BCUT2D eigenvalue weighted by Crippen LogP contribution is -2.11. The van der Waals surface area contributed by atoms with Gasteiger partial charge in [0.05, 0.1) is 23.2 Å². The average Bonchev–Trinajstić information content (AvgIpc) is 2.86. The van der Waals surface area contributed by atoms with Gasteiger partial charge >= 0.3 is 0 Å². The molecule has 0 saturated carbocycles. The summed E-state index contributed by atoms with van der Waals surface area (Å²) in [6.07, 6.45) is 1.95. The first-order valence-corrected chi connectivity index (χ1v) is 7.08. The van der Waals surface area contributed by atoms with Gasteiger partial charge in [0.1, 0.15) is 5.75 Å². The van der Waals surface area contributed by atoms with Crippen molar-refractivity contribution in [2.24, 2.45) is 0 Å². The number of nitrogens with one attached hydrogen (secondary N) is 1. The number of amides is 1. The van der Waals surface area contributed by atoms with Crippen LogP contribution in [0.1, 0.15) is 27.2 Å². The first-order valence-electron chi connectivity index (χ1n) is 6.26. The molecule has 5 nitrogen and oxygen atoms in total. The Bertz CT molecular complexity index is 713. The van der Waals surface area contributed by atoms with Crippen molar-refractivity contribution in [1.82, 2.24) is 4.98 Å². The molecule has 2 rings (SSSR count). The van der Waals surface area contributed by atoms with Crippen LogP contribution >= 0.6 is 11.3 Å². The van der Waals surface area contributed by atoms with Crippen LogP contribution in [-0.4, -0.2) is 27.7 Å². The maximum Gasteiger partial charge on any atom is 0.261 e. The van der Waals surface area contributed by atoms with Gasteiger partial charge in [-0.2, -0.15) is 0 Å². The number of aromatic hydroxyl groups is 1. The van der Waals surface area contributed by atoms with Crippen LogP contribution in [-0.2, 0) is 0 Å². The maximum atomic E-state index is 12.0. The quantitative estimate of drug-likeness (QED) is 0.759. The Balaban J connectivity index is 2.08. The molecule has 0 bridgehead atoms. The van der Waals surface area contributed by atoms with Crippen LogP contribution in [0.4, 0.5) is 5.13 Å². The zero-order chi connectivity index (χ0) is 15.2. The van der Waals surface area contributed by atoms with Gasteiger partial charge in [0.25, 0.3) is 5.91 Å². The smallest absolute Gasteiger partial charge is 0.261 e. The number of hydrogen-bond donors (Lipinski definition) is 3. The van der Waals surface area contributed by atoms with Crippen molar-refractivity contribution in [2.75, 3.05) is 11.9 Å². The Morgan fingerprint density at radius 1 is 1.48 bits per heavy atom. The summed E-state index contributed by atoms with van der Waals surface area (Å²) in [6.45, 7) is 1.85. The summed E-state index contributed by atoms with van der Waals surface area (Å²) in [5.41, 5.74) is 1.07. The molecule has 6 heteroatoms. The Hall–Kier alpha value is -2.36. The van der Waals surface area contributed by atoms with E-state index >= 15 is 0 Å². The molecule has 2 aromatic rings. The van der Waals surface area contributed by atoms with E-state index in [1.165, 1.54) is 17.4 Å². The lowest BCUT2D eigenvalue weighted by atomic mass is 10.1. The number of carbonyl (C=O) groups excluding carboxylic acids is 1. The molecule has 1 amide bonds. The van der Waals surface area contributed by atoms with Crippen molar-refractivity contribution in [3.63, 3.8) is 0 Å². The zero-order valence-corrected chi connectivity index (χ0v) is 12.2. The number of aryl methyl sites for hydroxylation is 1. The molecule has 0 unspecified atom stereocenters. The number of aliphatic hydroxyl groups is 1. The number of rotatable bonds is 3. The highest BCUT2D eigenvalue weighted by molar-refractivity contribution is 7.16. The van der Waals surface area contributed by atoms with E-state index in [2.05, 4.69) is 22.1 Å². The van der Waals surface area contributed by atoms with Gasteiger partial charge in [-0.1, -0.05) is 29.2 Å². The van der Waals surface area contributed by atoms with Crippen LogP contribution in [0.5, 0.6) is 5.75 Å². The van der Waals surface area contributed by atoms with Gasteiger partial charge in [0, 0.05) is 6.42 Å². The third kappa shape index (κ3) is 4.05. The lowest BCUT2D eigenvalue weighted by Gasteiger charge is -2.04. The second-order valence-corrected chi connectivity index (χ2v) is 5.31. The first kappa shape index (κ1) is 15.0. The van der Waals surface area contributed by atoms with E-state index in [-0.39, 0.29) is 17.9 Å². The minimum absolute atomic E-state index is 0.0160. The number of aliphatic hydroxyl groups excluding tert-OH is 1. The lowest BCUT2D eigenvalue weighted by molar-refractivity contribution is 0.102. The fourth-order valence-electron chi connectivity index (χ4n) is 1.59.